The Morgan fingerprint density at radius 3 is 2.84 bits per heavy atom. The summed E-state index contributed by atoms with van der Waals surface area (Å²) in [5, 5.41) is 17.3. The Kier molecular flexibility index (Phi) is 5.15. The molecule has 3 heterocycles. The van der Waals surface area contributed by atoms with E-state index in [0.717, 1.165) is 16.5 Å². The van der Waals surface area contributed by atoms with Crippen molar-refractivity contribution >= 4 is 22.6 Å². The summed E-state index contributed by atoms with van der Waals surface area (Å²) in [6, 6.07) is 12.7. The molecule has 0 unspecified atom stereocenters. The molecule has 10 heteroatoms. The molecule has 0 spiro atoms. The van der Waals surface area contributed by atoms with E-state index in [-0.39, 0.29) is 24.3 Å². The van der Waals surface area contributed by atoms with Crippen molar-refractivity contribution in [1.29, 1.82) is 5.26 Å². The molecule has 0 atom stereocenters. The van der Waals surface area contributed by atoms with Crippen molar-refractivity contribution in [3.05, 3.63) is 80.8 Å². The molecule has 3 aromatic heterocycles. The van der Waals surface area contributed by atoms with Gasteiger partial charge in [0.1, 0.15) is 11.6 Å². The zero-order valence-electron chi connectivity index (χ0n) is 16.5. The summed E-state index contributed by atoms with van der Waals surface area (Å²) < 4.78 is 2.62. The predicted molar refractivity (Wildman–Crippen MR) is 113 cm³/mol. The number of aryl methyl sites for hydroxylation is 2. The minimum absolute atomic E-state index is 0.0494. The summed E-state index contributed by atoms with van der Waals surface area (Å²) in [6.45, 7) is 2.01. The van der Waals surface area contributed by atoms with Crippen LogP contribution in [-0.4, -0.2) is 30.2 Å². The molecule has 4 rings (SSSR count). The van der Waals surface area contributed by atoms with E-state index in [1.54, 1.807) is 0 Å². The molecule has 2 N–H and O–H groups in total. The number of nitriles is 1. The highest BCUT2D eigenvalue weighted by Gasteiger charge is 2.17. The van der Waals surface area contributed by atoms with Crippen LogP contribution < -0.4 is 16.6 Å². The topological polar surface area (TPSA) is 138 Å². The lowest BCUT2D eigenvalue weighted by Gasteiger charge is -2.11. The average molecular weight is 415 g/mol. The van der Waals surface area contributed by atoms with Crippen molar-refractivity contribution < 1.29 is 4.79 Å². The third kappa shape index (κ3) is 3.97. The largest absolute Gasteiger partial charge is 0.328 e. The number of rotatable bonds is 5. The second-order valence-corrected chi connectivity index (χ2v) is 6.85. The van der Waals surface area contributed by atoms with Gasteiger partial charge in [-0.1, -0.05) is 18.2 Å². The molecular weight excluding hydrogens is 398 g/mol. The molecule has 0 radical (unpaired) electrons. The van der Waals surface area contributed by atoms with E-state index < -0.39 is 17.2 Å². The van der Waals surface area contributed by atoms with E-state index in [1.165, 1.54) is 27.7 Å². The summed E-state index contributed by atoms with van der Waals surface area (Å²) in [5.74, 6) is 0.238. The van der Waals surface area contributed by atoms with Gasteiger partial charge in [-0.15, -0.1) is 0 Å². The molecule has 0 fully saturated rings. The average Bonchev–Trinajstić information content (AvgIpc) is 3.15. The van der Waals surface area contributed by atoms with E-state index in [4.69, 9.17) is 0 Å². The predicted octanol–water partition coefficient (Wildman–Crippen LogP) is 1.48. The maximum Gasteiger partial charge on any atom is 0.328 e. The summed E-state index contributed by atoms with van der Waals surface area (Å²) in [4.78, 5) is 42.2. The number of amides is 1. The summed E-state index contributed by atoms with van der Waals surface area (Å²) in [7, 11) is 0. The van der Waals surface area contributed by atoms with Crippen LogP contribution in [0.1, 0.15) is 17.5 Å². The number of pyridine rings is 1. The van der Waals surface area contributed by atoms with Crippen LogP contribution in [0.25, 0.3) is 16.7 Å². The Morgan fingerprint density at radius 2 is 2.06 bits per heavy atom. The number of nitrogens with zero attached hydrogens (tertiary/aromatic N) is 5. The third-order valence-electron chi connectivity index (χ3n) is 4.75. The summed E-state index contributed by atoms with van der Waals surface area (Å²) in [5.41, 5.74) is 0.818. The van der Waals surface area contributed by atoms with Crippen molar-refractivity contribution in [2.45, 2.75) is 19.9 Å². The summed E-state index contributed by atoms with van der Waals surface area (Å²) in [6.07, 6.45) is 2.63. The van der Waals surface area contributed by atoms with Crippen molar-refractivity contribution in [2.24, 2.45) is 0 Å². The molecule has 4 aromatic rings. The van der Waals surface area contributed by atoms with Crippen LogP contribution in [-0.2, 0) is 11.3 Å². The first-order chi connectivity index (χ1) is 15.0. The van der Waals surface area contributed by atoms with E-state index in [9.17, 15) is 19.6 Å². The fourth-order valence-electron chi connectivity index (χ4n) is 3.20. The van der Waals surface area contributed by atoms with Gasteiger partial charge in [-0.05, 0) is 24.6 Å². The standard InChI is InChI=1S/C21H17N7O3/c1-13-10-17(24-16-5-3-2-4-15(13)16)28-20(14(11-22)12-23-28)25-18(29)6-8-27-9-7-19(30)26-21(27)31/h2-5,7,9-10,12H,6,8H2,1H3,(H,25,29)(H,26,30,31). The molecule has 0 aliphatic rings. The molecule has 0 saturated carbocycles. The van der Waals surface area contributed by atoms with Gasteiger partial charge in [-0.25, -0.2) is 9.78 Å². The van der Waals surface area contributed by atoms with Crippen LogP contribution in [0.5, 0.6) is 0 Å². The van der Waals surface area contributed by atoms with Crippen molar-refractivity contribution in [2.75, 3.05) is 5.32 Å². The number of aromatic amines is 1. The number of hydrogen-bond donors (Lipinski definition) is 2. The summed E-state index contributed by atoms with van der Waals surface area (Å²) >= 11 is 0. The number of para-hydroxylation sites is 1. The molecule has 10 nitrogen and oxygen atoms in total. The molecule has 0 aliphatic carbocycles. The van der Waals surface area contributed by atoms with Crippen molar-refractivity contribution in [3.63, 3.8) is 0 Å². The highest BCUT2D eigenvalue weighted by Crippen LogP contribution is 2.23. The van der Waals surface area contributed by atoms with Gasteiger partial charge in [0.25, 0.3) is 5.56 Å². The molecule has 154 valence electrons. The number of fused-ring (bicyclic) bond motifs is 1. The number of anilines is 1. The van der Waals surface area contributed by atoms with Gasteiger partial charge >= 0.3 is 5.69 Å². The molecule has 0 saturated heterocycles. The van der Waals surface area contributed by atoms with Crippen LogP contribution in [0.15, 0.2) is 58.4 Å². The van der Waals surface area contributed by atoms with E-state index in [1.807, 2.05) is 43.3 Å². The minimum Gasteiger partial charge on any atom is -0.309 e. The van der Waals surface area contributed by atoms with E-state index >= 15 is 0 Å². The lowest BCUT2D eigenvalue weighted by atomic mass is 10.1. The molecule has 31 heavy (non-hydrogen) atoms. The van der Waals surface area contributed by atoms with Gasteiger partial charge in [-0.2, -0.15) is 15.0 Å². The van der Waals surface area contributed by atoms with E-state index in [0.29, 0.717) is 5.82 Å². The normalized spacial score (nSPS) is 10.7. The molecule has 1 amide bonds. The lowest BCUT2D eigenvalue weighted by molar-refractivity contribution is -0.116. The molecular formula is C21H17N7O3. The first-order valence-corrected chi connectivity index (χ1v) is 9.41. The van der Waals surface area contributed by atoms with Crippen molar-refractivity contribution in [1.82, 2.24) is 24.3 Å². The molecule has 1 aromatic carbocycles. The first-order valence-electron chi connectivity index (χ1n) is 9.41. The Balaban J connectivity index is 1.61. The Hall–Kier alpha value is -4.52. The third-order valence-corrected chi connectivity index (χ3v) is 4.75. The second kappa shape index (κ2) is 8.08. The number of carbonyl (C=O) groups is 1. The highest BCUT2D eigenvalue weighted by molar-refractivity contribution is 5.91. The second-order valence-electron chi connectivity index (χ2n) is 6.85. The van der Waals surface area contributed by atoms with Gasteiger partial charge in [0.2, 0.25) is 5.91 Å². The fraction of sp³-hybridized carbons (Fsp3) is 0.143. The van der Waals surface area contributed by atoms with Gasteiger partial charge in [0, 0.05) is 30.6 Å². The molecule has 0 aliphatic heterocycles. The van der Waals surface area contributed by atoms with Crippen LogP contribution in [0.4, 0.5) is 5.82 Å². The Labute approximate surface area is 175 Å². The zero-order chi connectivity index (χ0) is 22.0. The Morgan fingerprint density at radius 1 is 1.26 bits per heavy atom. The van der Waals surface area contributed by atoms with Crippen LogP contribution in [0.3, 0.4) is 0 Å². The van der Waals surface area contributed by atoms with Crippen LogP contribution in [0, 0.1) is 18.3 Å². The first kappa shape index (κ1) is 19.8. The van der Waals surface area contributed by atoms with Crippen molar-refractivity contribution in [3.8, 4) is 11.9 Å². The fourth-order valence-corrected chi connectivity index (χ4v) is 3.20. The number of hydrogen-bond acceptors (Lipinski definition) is 6. The van der Waals surface area contributed by atoms with Crippen LogP contribution >= 0.6 is 0 Å². The number of carbonyl (C=O) groups excluding carboxylic acids is 1. The van der Waals surface area contributed by atoms with Gasteiger partial charge in [0.05, 0.1) is 11.7 Å². The number of aromatic nitrogens is 5. The minimum atomic E-state index is -0.598. The van der Waals surface area contributed by atoms with Gasteiger partial charge in [0.15, 0.2) is 11.6 Å². The van der Waals surface area contributed by atoms with Gasteiger partial charge in [-0.3, -0.25) is 14.6 Å². The number of benzene rings is 1. The lowest BCUT2D eigenvalue weighted by Crippen LogP contribution is -2.30. The van der Waals surface area contributed by atoms with E-state index in [2.05, 4.69) is 20.4 Å². The molecule has 0 bridgehead atoms. The van der Waals surface area contributed by atoms with Gasteiger partial charge < -0.3 is 9.88 Å². The number of nitrogens with one attached hydrogen (secondary N) is 2. The monoisotopic (exact) mass is 415 g/mol. The quantitative estimate of drug-likeness (QED) is 0.506. The Bertz CT molecular complexity index is 1460. The van der Waals surface area contributed by atoms with Crippen LogP contribution in [0.2, 0.25) is 0 Å². The maximum absolute atomic E-state index is 12.5. The smallest absolute Gasteiger partial charge is 0.309 e. The SMILES string of the molecule is Cc1cc(-n2ncc(C#N)c2NC(=O)CCn2ccc(=O)[nH]c2=O)nc2ccccc12. The number of H-pyrrole nitrogens is 1. The zero-order valence-corrected chi connectivity index (χ0v) is 16.5. The maximum atomic E-state index is 12.5. The highest BCUT2D eigenvalue weighted by atomic mass is 16.2.